The molecule has 19 heavy (non-hydrogen) atoms. The summed E-state index contributed by atoms with van der Waals surface area (Å²) in [5.41, 5.74) is 4.72. The van der Waals surface area contributed by atoms with E-state index in [0.29, 0.717) is 0 Å². The van der Waals surface area contributed by atoms with Gasteiger partial charge in [-0.2, -0.15) is 0 Å². The van der Waals surface area contributed by atoms with Gasteiger partial charge in [-0.3, -0.25) is 10.1 Å². The van der Waals surface area contributed by atoms with Crippen LogP contribution in [0.4, 0.5) is 4.79 Å². The minimum atomic E-state index is -4.09. The average molecular weight is 327 g/mol. The van der Waals surface area contributed by atoms with Crippen LogP contribution in [-0.4, -0.2) is 27.0 Å². The van der Waals surface area contributed by atoms with Gasteiger partial charge in [0.1, 0.15) is 10.6 Å². The number of nitrogens with one attached hydrogen (secondary N) is 1. The van der Waals surface area contributed by atoms with Crippen molar-refractivity contribution in [2.24, 2.45) is 5.73 Å². The second-order valence-corrected chi connectivity index (χ2v) is 6.20. The van der Waals surface area contributed by atoms with Crippen LogP contribution in [0.3, 0.4) is 0 Å². The van der Waals surface area contributed by atoms with E-state index in [1.165, 1.54) is 12.1 Å². The molecule has 0 aliphatic rings. The van der Waals surface area contributed by atoms with Gasteiger partial charge >= 0.3 is 6.03 Å². The van der Waals surface area contributed by atoms with Crippen molar-refractivity contribution < 1.29 is 22.7 Å². The lowest BCUT2D eigenvalue weighted by atomic mass is 10.3. The molecule has 3 N–H and O–H groups in total. The molecule has 1 aromatic rings. The number of rotatable bonds is 4. The fourth-order valence-electron chi connectivity index (χ4n) is 1.11. The normalized spacial score (nSPS) is 10.8. The van der Waals surface area contributed by atoms with Gasteiger partial charge in [-0.25, -0.2) is 13.2 Å². The van der Waals surface area contributed by atoms with Crippen molar-refractivity contribution in [3.63, 3.8) is 0 Å². The van der Waals surface area contributed by atoms with E-state index in [-0.39, 0.29) is 15.7 Å². The van der Waals surface area contributed by atoms with Crippen molar-refractivity contribution in [3.8, 4) is 5.75 Å². The van der Waals surface area contributed by atoms with E-state index >= 15 is 0 Å². The Kier molecular flexibility index (Phi) is 4.98. The fraction of sp³-hybridized carbons (Fsp3) is 0.111. The Bertz CT molecular complexity index is 617. The number of amides is 3. The van der Waals surface area contributed by atoms with E-state index in [1.807, 2.05) is 0 Å². The number of ether oxygens (including phenoxy) is 1. The monoisotopic (exact) mass is 326 g/mol. The third-order valence-electron chi connectivity index (χ3n) is 1.79. The number of nitrogens with two attached hydrogens (primary N) is 1. The molecular weight excluding hydrogens is 319 g/mol. The number of urea groups is 1. The molecule has 3 amide bonds. The van der Waals surface area contributed by atoms with Crippen LogP contribution in [0.1, 0.15) is 0 Å². The van der Waals surface area contributed by atoms with E-state index in [4.69, 9.17) is 32.8 Å². The molecule has 0 radical (unpaired) electrons. The van der Waals surface area contributed by atoms with E-state index in [9.17, 15) is 18.0 Å². The lowest BCUT2D eigenvalue weighted by molar-refractivity contribution is -0.121. The average Bonchev–Trinajstić information content (AvgIpc) is 2.25. The Balaban J connectivity index is 2.90. The van der Waals surface area contributed by atoms with Crippen molar-refractivity contribution >= 4 is 43.3 Å². The number of carbonyl (C=O) groups excluding carboxylic acids is 2. The second kappa shape index (κ2) is 6.09. The quantitative estimate of drug-likeness (QED) is 0.795. The van der Waals surface area contributed by atoms with Crippen molar-refractivity contribution in [1.82, 2.24) is 5.32 Å². The van der Waals surface area contributed by atoms with E-state index < -0.39 is 27.6 Å². The lowest BCUT2D eigenvalue weighted by Crippen LogP contribution is -2.38. The summed E-state index contributed by atoms with van der Waals surface area (Å²) in [5, 5.41) is 1.88. The molecule has 0 aliphatic heterocycles. The third-order valence-corrected chi connectivity index (χ3v) is 3.37. The largest absolute Gasteiger partial charge is 0.482 e. The molecule has 0 atom stereocenters. The van der Waals surface area contributed by atoms with E-state index in [1.54, 1.807) is 5.32 Å². The molecule has 0 spiro atoms. The first-order valence-corrected chi connectivity index (χ1v) is 7.35. The van der Waals surface area contributed by atoms with Crippen LogP contribution in [0, 0.1) is 0 Å². The predicted molar refractivity (Wildman–Crippen MR) is 67.7 cm³/mol. The second-order valence-electron chi connectivity index (χ2n) is 3.23. The first-order chi connectivity index (χ1) is 8.70. The maximum atomic E-state index is 11.3. The fourth-order valence-corrected chi connectivity index (χ4v) is 2.34. The zero-order valence-electron chi connectivity index (χ0n) is 9.22. The number of benzene rings is 1. The van der Waals surface area contributed by atoms with Crippen LogP contribution < -0.4 is 15.8 Å². The Hall–Kier alpha value is -1.51. The molecule has 0 unspecified atom stereocenters. The van der Waals surface area contributed by atoms with Gasteiger partial charge in [0.15, 0.2) is 6.61 Å². The first kappa shape index (κ1) is 15.5. The number of hydrogen-bond donors (Lipinski definition) is 2. The summed E-state index contributed by atoms with van der Waals surface area (Å²) >= 11 is 5.64. The van der Waals surface area contributed by atoms with Crippen LogP contribution in [0.15, 0.2) is 23.1 Å². The maximum absolute atomic E-state index is 11.3. The van der Waals surface area contributed by atoms with E-state index in [0.717, 1.165) is 6.07 Å². The van der Waals surface area contributed by atoms with Crippen LogP contribution in [-0.2, 0) is 13.8 Å². The van der Waals surface area contributed by atoms with E-state index in [2.05, 4.69) is 0 Å². The summed E-state index contributed by atoms with van der Waals surface area (Å²) in [6.07, 6.45) is 0. The number of hydrogen-bond acceptors (Lipinski definition) is 5. The Labute approximate surface area is 118 Å². The summed E-state index contributed by atoms with van der Waals surface area (Å²) in [4.78, 5) is 21.1. The van der Waals surface area contributed by atoms with Crippen molar-refractivity contribution in [2.75, 3.05) is 6.61 Å². The molecule has 0 bridgehead atoms. The summed E-state index contributed by atoms with van der Waals surface area (Å²) in [5.74, 6) is -1.00. The molecular formula is C9H8Cl2N2O5S. The van der Waals surface area contributed by atoms with Gasteiger partial charge in [0.05, 0.1) is 0 Å². The highest BCUT2D eigenvalue weighted by Gasteiger charge is 2.18. The van der Waals surface area contributed by atoms with Crippen molar-refractivity contribution in [3.05, 3.63) is 23.2 Å². The number of imide groups is 1. The highest BCUT2D eigenvalue weighted by molar-refractivity contribution is 8.13. The number of carbonyl (C=O) groups is 2. The standard InChI is InChI=1S/C9H8Cl2N2O5S/c10-5-1-2-6(7(3-5)19(11,16)17)18-4-8(14)13-9(12)15/h1-3H,4H2,(H3,12,13,14,15). The minimum Gasteiger partial charge on any atom is -0.482 e. The molecule has 7 nitrogen and oxygen atoms in total. The highest BCUT2D eigenvalue weighted by atomic mass is 35.7. The smallest absolute Gasteiger partial charge is 0.318 e. The van der Waals surface area contributed by atoms with Gasteiger partial charge in [0.2, 0.25) is 0 Å². The minimum absolute atomic E-state index is 0.133. The summed E-state index contributed by atoms with van der Waals surface area (Å²) in [7, 11) is 1.11. The molecule has 0 saturated carbocycles. The van der Waals surface area contributed by atoms with Crippen LogP contribution in [0.2, 0.25) is 5.02 Å². The summed E-state index contributed by atoms with van der Waals surface area (Å²) in [6, 6.07) is 2.62. The van der Waals surface area contributed by atoms with Gasteiger partial charge in [0.25, 0.3) is 15.0 Å². The van der Waals surface area contributed by atoms with Gasteiger partial charge in [-0.05, 0) is 18.2 Å². The number of primary amides is 1. The number of halogens is 2. The summed E-state index contributed by atoms with van der Waals surface area (Å²) in [6.45, 7) is -0.607. The molecule has 0 aliphatic carbocycles. The topological polar surface area (TPSA) is 116 Å². The maximum Gasteiger partial charge on any atom is 0.318 e. The molecule has 1 rings (SSSR count). The van der Waals surface area contributed by atoms with Crippen LogP contribution >= 0.6 is 22.3 Å². The molecule has 1 aromatic carbocycles. The van der Waals surface area contributed by atoms with Gasteiger partial charge in [0, 0.05) is 15.7 Å². The van der Waals surface area contributed by atoms with Crippen molar-refractivity contribution in [1.29, 1.82) is 0 Å². The lowest BCUT2D eigenvalue weighted by Gasteiger charge is -2.09. The third kappa shape index (κ3) is 4.93. The summed E-state index contributed by atoms with van der Waals surface area (Å²) < 4.78 is 27.5. The Morgan fingerprint density at radius 3 is 2.53 bits per heavy atom. The van der Waals surface area contributed by atoms with Crippen molar-refractivity contribution in [2.45, 2.75) is 4.90 Å². The van der Waals surface area contributed by atoms with Gasteiger partial charge in [-0.1, -0.05) is 11.6 Å². The Morgan fingerprint density at radius 2 is 2.00 bits per heavy atom. The molecule has 0 heterocycles. The SMILES string of the molecule is NC(=O)NC(=O)COc1ccc(Cl)cc1S(=O)(=O)Cl. The van der Waals surface area contributed by atoms with Crippen LogP contribution in [0.5, 0.6) is 5.75 Å². The highest BCUT2D eigenvalue weighted by Crippen LogP contribution is 2.29. The zero-order valence-corrected chi connectivity index (χ0v) is 11.6. The van der Waals surface area contributed by atoms with Gasteiger partial charge < -0.3 is 10.5 Å². The predicted octanol–water partition coefficient (Wildman–Crippen LogP) is 0.841. The van der Waals surface area contributed by atoms with Crippen LogP contribution in [0.25, 0.3) is 0 Å². The van der Waals surface area contributed by atoms with Gasteiger partial charge in [-0.15, -0.1) is 0 Å². The molecule has 0 saturated heterocycles. The first-order valence-electron chi connectivity index (χ1n) is 4.66. The molecule has 0 fully saturated rings. The zero-order chi connectivity index (χ0) is 14.6. The molecule has 10 heteroatoms. The molecule has 0 aromatic heterocycles. The molecule has 104 valence electrons. The Morgan fingerprint density at radius 1 is 1.37 bits per heavy atom.